The average molecular weight is 408 g/mol. The van der Waals surface area contributed by atoms with Crippen LogP contribution in [0.5, 0.6) is 0 Å². The van der Waals surface area contributed by atoms with E-state index >= 15 is 0 Å². The molecule has 0 aliphatic carbocycles. The largest absolute Gasteiger partial charge is 0.350 e. The predicted octanol–water partition coefficient (Wildman–Crippen LogP) is 2.91. The van der Waals surface area contributed by atoms with Gasteiger partial charge in [-0.3, -0.25) is 14.2 Å². The van der Waals surface area contributed by atoms with E-state index in [-0.39, 0.29) is 18.0 Å². The molecule has 2 aromatic heterocycles. The summed E-state index contributed by atoms with van der Waals surface area (Å²) in [6, 6.07) is 13.9. The molecule has 0 saturated carbocycles. The molecule has 0 atom stereocenters. The summed E-state index contributed by atoms with van der Waals surface area (Å²) >= 11 is 1.51. The zero-order valence-corrected chi connectivity index (χ0v) is 16.2. The third-order valence-electron chi connectivity index (χ3n) is 5.07. The van der Waals surface area contributed by atoms with Crippen LogP contribution in [0.4, 0.5) is 4.39 Å². The third-order valence-corrected chi connectivity index (χ3v) is 6.02. The highest BCUT2D eigenvalue weighted by Crippen LogP contribution is 2.30. The molecule has 6 nitrogen and oxygen atoms in total. The molecule has 29 heavy (non-hydrogen) atoms. The Morgan fingerprint density at radius 1 is 1.21 bits per heavy atom. The fourth-order valence-electron chi connectivity index (χ4n) is 3.71. The summed E-state index contributed by atoms with van der Waals surface area (Å²) in [4.78, 5) is 30.4. The van der Waals surface area contributed by atoms with E-state index in [1.165, 1.54) is 23.9 Å². The molecule has 0 radical (unpaired) electrons. The van der Waals surface area contributed by atoms with E-state index < -0.39 is 5.82 Å². The Hall–Kier alpha value is -3.13. The van der Waals surface area contributed by atoms with E-state index in [9.17, 15) is 14.0 Å². The van der Waals surface area contributed by atoms with Crippen LogP contribution in [0, 0.1) is 5.82 Å². The Bertz CT molecular complexity index is 1310. The Kier molecular flexibility index (Phi) is 4.35. The average Bonchev–Trinajstić information content (AvgIpc) is 3.31. The van der Waals surface area contributed by atoms with Gasteiger partial charge in [0.2, 0.25) is 5.91 Å². The molecule has 8 heteroatoms. The summed E-state index contributed by atoms with van der Waals surface area (Å²) in [5.41, 5.74) is 2.20. The standard InChI is InChI=1S/C21H17FN4O2S/c22-14-6-7-16-15(10-14)18-19(20(28)25-8-9-29-21(25)24-18)26(16)12-17(27)23-11-13-4-2-1-3-5-13/h1-7,10H,8-9,11-12H2,(H,23,27). The van der Waals surface area contributed by atoms with Gasteiger partial charge >= 0.3 is 0 Å². The first-order chi connectivity index (χ1) is 14.1. The van der Waals surface area contributed by atoms with Gasteiger partial charge < -0.3 is 9.88 Å². The molecule has 1 amide bonds. The van der Waals surface area contributed by atoms with Gasteiger partial charge in [0.05, 0.1) is 5.52 Å². The molecule has 1 aliphatic rings. The topological polar surface area (TPSA) is 68.9 Å². The third kappa shape index (κ3) is 3.09. The summed E-state index contributed by atoms with van der Waals surface area (Å²) in [6.45, 7) is 0.939. The maximum absolute atomic E-state index is 13.9. The summed E-state index contributed by atoms with van der Waals surface area (Å²) in [5.74, 6) is 0.148. The van der Waals surface area contributed by atoms with Gasteiger partial charge in [-0.15, -0.1) is 0 Å². The number of fused-ring (bicyclic) bond motifs is 4. The van der Waals surface area contributed by atoms with Gasteiger partial charge in [-0.25, -0.2) is 9.37 Å². The number of rotatable bonds is 4. The van der Waals surface area contributed by atoms with Gasteiger partial charge in [-0.2, -0.15) is 0 Å². The van der Waals surface area contributed by atoms with Crippen molar-refractivity contribution in [3.8, 4) is 0 Å². The van der Waals surface area contributed by atoms with Crippen molar-refractivity contribution >= 4 is 39.6 Å². The molecule has 3 heterocycles. The summed E-state index contributed by atoms with van der Waals surface area (Å²) in [7, 11) is 0. The molecule has 1 aliphatic heterocycles. The van der Waals surface area contributed by atoms with Crippen LogP contribution in [0.25, 0.3) is 21.9 Å². The zero-order chi connectivity index (χ0) is 20.0. The number of amides is 1. The van der Waals surface area contributed by atoms with Crippen LogP contribution in [0.3, 0.4) is 0 Å². The van der Waals surface area contributed by atoms with Crippen LogP contribution < -0.4 is 10.9 Å². The van der Waals surface area contributed by atoms with Crippen LogP contribution >= 0.6 is 11.8 Å². The van der Waals surface area contributed by atoms with Crippen molar-refractivity contribution in [2.45, 2.75) is 24.8 Å². The summed E-state index contributed by atoms with van der Waals surface area (Å²) in [5, 5.41) is 4.07. The van der Waals surface area contributed by atoms with Crippen molar-refractivity contribution in [1.29, 1.82) is 0 Å². The van der Waals surface area contributed by atoms with Gasteiger partial charge in [-0.05, 0) is 23.8 Å². The molecule has 146 valence electrons. The van der Waals surface area contributed by atoms with Crippen LogP contribution in [0.2, 0.25) is 0 Å². The van der Waals surface area contributed by atoms with Crippen LogP contribution in [-0.4, -0.2) is 25.8 Å². The van der Waals surface area contributed by atoms with E-state index in [0.717, 1.165) is 11.3 Å². The summed E-state index contributed by atoms with van der Waals surface area (Å²) < 4.78 is 17.2. The molecular weight excluding hydrogens is 391 g/mol. The number of aromatic nitrogens is 3. The predicted molar refractivity (Wildman–Crippen MR) is 110 cm³/mol. The second-order valence-corrected chi connectivity index (χ2v) is 7.97. The van der Waals surface area contributed by atoms with Gasteiger partial charge in [-0.1, -0.05) is 42.1 Å². The Morgan fingerprint density at radius 3 is 2.86 bits per heavy atom. The first kappa shape index (κ1) is 17.9. The van der Waals surface area contributed by atoms with Crippen molar-refractivity contribution in [2.75, 3.05) is 5.75 Å². The Morgan fingerprint density at radius 2 is 2.03 bits per heavy atom. The molecule has 2 aromatic carbocycles. The quantitative estimate of drug-likeness (QED) is 0.527. The Balaban J connectivity index is 1.58. The normalized spacial score (nSPS) is 13.1. The number of thioether (sulfide) groups is 1. The van der Waals surface area contributed by atoms with Crippen molar-refractivity contribution < 1.29 is 9.18 Å². The lowest BCUT2D eigenvalue weighted by Crippen LogP contribution is -2.29. The van der Waals surface area contributed by atoms with Crippen molar-refractivity contribution in [2.24, 2.45) is 0 Å². The van der Waals surface area contributed by atoms with Crippen molar-refractivity contribution in [3.05, 3.63) is 70.3 Å². The molecule has 4 aromatic rings. The fourth-order valence-corrected chi connectivity index (χ4v) is 4.65. The molecular formula is C21H17FN4O2S. The van der Waals surface area contributed by atoms with E-state index in [1.54, 1.807) is 15.2 Å². The van der Waals surface area contributed by atoms with Gasteiger partial charge in [0.15, 0.2) is 5.16 Å². The molecule has 0 bridgehead atoms. The number of benzene rings is 2. The minimum atomic E-state index is -0.403. The van der Waals surface area contributed by atoms with Gasteiger partial charge in [0, 0.05) is 24.2 Å². The molecule has 0 unspecified atom stereocenters. The van der Waals surface area contributed by atoms with E-state index in [0.29, 0.717) is 40.2 Å². The first-order valence-electron chi connectivity index (χ1n) is 9.27. The maximum atomic E-state index is 13.9. The molecule has 1 N–H and O–H groups in total. The first-order valence-corrected chi connectivity index (χ1v) is 10.3. The smallest absolute Gasteiger partial charge is 0.278 e. The number of nitrogens with zero attached hydrogens (tertiary/aromatic N) is 3. The number of carbonyl (C=O) groups excluding carboxylic acids is 1. The van der Waals surface area contributed by atoms with E-state index in [1.807, 2.05) is 30.3 Å². The Labute approximate surface area is 169 Å². The number of carbonyl (C=O) groups is 1. The number of hydrogen-bond donors (Lipinski definition) is 1. The molecule has 0 saturated heterocycles. The van der Waals surface area contributed by atoms with Gasteiger partial charge in [0.1, 0.15) is 23.4 Å². The van der Waals surface area contributed by atoms with Crippen LogP contribution in [-0.2, 0) is 24.4 Å². The van der Waals surface area contributed by atoms with Crippen LogP contribution in [0.15, 0.2) is 58.5 Å². The van der Waals surface area contributed by atoms with E-state index in [4.69, 9.17) is 0 Å². The van der Waals surface area contributed by atoms with Gasteiger partial charge in [0.25, 0.3) is 5.56 Å². The number of hydrogen-bond acceptors (Lipinski definition) is 4. The van der Waals surface area contributed by atoms with Crippen molar-refractivity contribution in [3.63, 3.8) is 0 Å². The SMILES string of the molecule is O=C(Cn1c2ccc(F)cc2c2nc3n(c(=O)c21)CCS3)NCc1ccccc1. The second-order valence-electron chi connectivity index (χ2n) is 6.91. The van der Waals surface area contributed by atoms with Crippen molar-refractivity contribution in [1.82, 2.24) is 19.4 Å². The number of nitrogens with one attached hydrogen (secondary N) is 1. The molecule has 0 fully saturated rings. The molecule has 0 spiro atoms. The van der Waals surface area contributed by atoms with Crippen LogP contribution in [0.1, 0.15) is 5.56 Å². The number of halogens is 1. The summed E-state index contributed by atoms with van der Waals surface area (Å²) in [6.07, 6.45) is 0. The zero-order valence-electron chi connectivity index (χ0n) is 15.4. The molecule has 5 rings (SSSR count). The lowest BCUT2D eigenvalue weighted by Gasteiger charge is -2.09. The highest BCUT2D eigenvalue weighted by Gasteiger charge is 2.23. The lowest BCUT2D eigenvalue weighted by atomic mass is 10.2. The monoisotopic (exact) mass is 408 g/mol. The second kappa shape index (κ2) is 7.04. The lowest BCUT2D eigenvalue weighted by molar-refractivity contribution is -0.121. The highest BCUT2D eigenvalue weighted by molar-refractivity contribution is 7.99. The minimum Gasteiger partial charge on any atom is -0.350 e. The highest BCUT2D eigenvalue weighted by atomic mass is 32.2. The minimum absolute atomic E-state index is 0.0398. The van der Waals surface area contributed by atoms with E-state index in [2.05, 4.69) is 10.3 Å². The fraction of sp³-hybridized carbons (Fsp3) is 0.190. The maximum Gasteiger partial charge on any atom is 0.278 e.